The van der Waals surface area contributed by atoms with E-state index in [1.54, 1.807) is 11.3 Å². The summed E-state index contributed by atoms with van der Waals surface area (Å²) in [5.74, 6) is 1.89. The number of aromatic nitrogens is 5. The summed E-state index contributed by atoms with van der Waals surface area (Å²) in [6.45, 7) is 0. The van der Waals surface area contributed by atoms with Crippen molar-refractivity contribution in [2.45, 2.75) is 0 Å². The van der Waals surface area contributed by atoms with Gasteiger partial charge in [-0.25, -0.2) is 19.9 Å². The smallest absolute Gasteiger partial charge is 0.164 e. The topological polar surface area (TPSA) is 69.6 Å². The van der Waals surface area contributed by atoms with Crippen LogP contribution in [-0.2, 0) is 0 Å². The van der Waals surface area contributed by atoms with E-state index < -0.39 is 0 Å². The van der Waals surface area contributed by atoms with Gasteiger partial charge in [0, 0.05) is 55.0 Å². The molecule has 276 valence electrons. The summed E-state index contributed by atoms with van der Waals surface area (Å²) in [6, 6.07) is 65.2. The van der Waals surface area contributed by atoms with E-state index in [1.165, 1.54) is 10.8 Å². The van der Waals surface area contributed by atoms with Gasteiger partial charge >= 0.3 is 0 Å². The van der Waals surface area contributed by atoms with Crippen LogP contribution in [0.15, 0.2) is 192 Å². The molecule has 0 saturated heterocycles. The maximum Gasteiger partial charge on any atom is 0.164 e. The average Bonchev–Trinajstić information content (AvgIpc) is 4.01. The van der Waals surface area contributed by atoms with Gasteiger partial charge in [-0.2, -0.15) is 0 Å². The van der Waals surface area contributed by atoms with E-state index in [4.69, 9.17) is 24.4 Å². The van der Waals surface area contributed by atoms with Crippen molar-refractivity contribution in [2.24, 2.45) is 0 Å². The Bertz CT molecular complexity index is 3490. The molecule has 0 amide bonds. The van der Waals surface area contributed by atoms with Gasteiger partial charge in [-0.3, -0.25) is 0 Å². The van der Waals surface area contributed by atoms with E-state index in [1.807, 2.05) is 72.8 Å². The molecule has 4 aromatic heterocycles. The lowest BCUT2D eigenvalue weighted by Gasteiger charge is -2.09. The van der Waals surface area contributed by atoms with E-state index in [-0.39, 0.29) is 0 Å². The number of hydrogen-bond acceptors (Lipinski definition) is 6. The Hall–Kier alpha value is -7.74. The second-order valence-corrected chi connectivity index (χ2v) is 15.7. The highest BCUT2D eigenvalue weighted by atomic mass is 32.1. The molecule has 0 N–H and O–H groups in total. The maximum absolute atomic E-state index is 6.43. The average molecular weight is 774 g/mol. The van der Waals surface area contributed by atoms with Crippen molar-refractivity contribution in [3.8, 4) is 61.5 Å². The summed E-state index contributed by atoms with van der Waals surface area (Å²) < 4.78 is 9.88. The van der Waals surface area contributed by atoms with Crippen LogP contribution in [0.5, 0.6) is 0 Å². The van der Waals surface area contributed by atoms with Crippen LogP contribution in [0, 0.1) is 0 Å². The molecule has 0 fully saturated rings. The molecule has 0 bridgehead atoms. The molecule has 0 atom stereocenters. The molecule has 0 aliphatic heterocycles. The van der Waals surface area contributed by atoms with E-state index in [9.17, 15) is 0 Å². The number of rotatable bonds is 6. The quantitative estimate of drug-likeness (QED) is 0.168. The Kier molecular flexibility index (Phi) is 7.61. The lowest BCUT2D eigenvalue weighted by atomic mass is 10.0. The van der Waals surface area contributed by atoms with Gasteiger partial charge in [-0.1, -0.05) is 121 Å². The van der Waals surface area contributed by atoms with Crippen molar-refractivity contribution in [1.29, 1.82) is 0 Å². The summed E-state index contributed by atoms with van der Waals surface area (Å²) in [6.07, 6.45) is 0. The molecular weight excluding hydrogens is 743 g/mol. The third-order valence-corrected chi connectivity index (χ3v) is 12.2. The van der Waals surface area contributed by atoms with Gasteiger partial charge in [-0.05, 0) is 72.3 Å². The zero-order chi connectivity index (χ0) is 38.9. The first-order valence-electron chi connectivity index (χ1n) is 19.5. The Morgan fingerprint density at radius 1 is 0.407 bits per heavy atom. The molecule has 0 aliphatic rings. The summed E-state index contributed by atoms with van der Waals surface area (Å²) >= 11 is 1.69. The summed E-state index contributed by atoms with van der Waals surface area (Å²) in [5, 5.41) is 5.63. The Balaban J connectivity index is 0.903. The Morgan fingerprint density at radius 2 is 1.02 bits per heavy atom. The van der Waals surface area contributed by atoms with Crippen molar-refractivity contribution < 1.29 is 4.42 Å². The van der Waals surface area contributed by atoms with Gasteiger partial charge < -0.3 is 8.98 Å². The highest BCUT2D eigenvalue weighted by Gasteiger charge is 2.18. The number of hydrogen-bond donors (Lipinski definition) is 0. The first-order valence-corrected chi connectivity index (χ1v) is 20.4. The summed E-state index contributed by atoms with van der Waals surface area (Å²) in [4.78, 5) is 19.9. The van der Waals surface area contributed by atoms with Crippen LogP contribution >= 0.6 is 11.3 Å². The molecule has 0 radical (unpaired) electrons. The van der Waals surface area contributed by atoms with E-state index >= 15 is 0 Å². The fourth-order valence-corrected chi connectivity index (χ4v) is 9.23. The third-order valence-electron chi connectivity index (χ3n) is 11.1. The van der Waals surface area contributed by atoms with Crippen molar-refractivity contribution in [3.63, 3.8) is 0 Å². The van der Waals surface area contributed by atoms with Crippen molar-refractivity contribution in [2.75, 3.05) is 0 Å². The lowest BCUT2D eigenvalue weighted by Crippen LogP contribution is -2.00. The zero-order valence-corrected chi connectivity index (χ0v) is 32.3. The summed E-state index contributed by atoms with van der Waals surface area (Å²) in [5.41, 5.74) is 12.2. The molecule has 12 rings (SSSR count). The van der Waals surface area contributed by atoms with Crippen molar-refractivity contribution >= 4 is 65.3 Å². The van der Waals surface area contributed by atoms with Gasteiger partial charge in [0.15, 0.2) is 17.5 Å². The number of nitrogens with zero attached hydrogens (tertiary/aromatic N) is 5. The lowest BCUT2D eigenvalue weighted by molar-refractivity contribution is 0.670. The Labute approximate surface area is 342 Å². The van der Waals surface area contributed by atoms with Gasteiger partial charge in [0.2, 0.25) is 0 Å². The third kappa shape index (κ3) is 5.62. The van der Waals surface area contributed by atoms with Crippen molar-refractivity contribution in [3.05, 3.63) is 188 Å². The summed E-state index contributed by atoms with van der Waals surface area (Å²) in [7, 11) is 0. The molecule has 0 unspecified atom stereocenters. The number of benzene rings is 8. The minimum absolute atomic E-state index is 0.614. The highest BCUT2D eigenvalue weighted by Crippen LogP contribution is 2.40. The first kappa shape index (κ1) is 33.4. The van der Waals surface area contributed by atoms with Crippen LogP contribution in [0.3, 0.4) is 0 Å². The SMILES string of the molecule is c1ccc(-c2nc(-c3ccccc3)nc(-c3ccc4sc(-c5ccc(-n6c7ccccc7c7cc(-c8cccc9c8oc8ccccc89)ccc76)cc5)nc4c3)n2)cc1. The van der Waals surface area contributed by atoms with E-state index in [0.717, 1.165) is 87.3 Å². The molecular formula is C52H31N5OS. The molecule has 0 spiro atoms. The molecule has 59 heavy (non-hydrogen) atoms. The standard InChI is InChI=1S/C52H31N5OS/c1-3-12-32(13-4-1)49-54-50(33-14-5-2-6-15-33)56-51(55-49)36-25-29-47-43(31-36)53-52(59-47)34-22-26-37(27-23-34)57-44-20-9-7-16-39(44)42-30-35(24-28-45(42)57)38-18-11-19-41-40-17-8-10-21-46(40)58-48(38)41/h1-31H. The van der Waals surface area contributed by atoms with Crippen LogP contribution < -0.4 is 0 Å². The Morgan fingerprint density at radius 3 is 1.78 bits per heavy atom. The molecule has 7 heteroatoms. The van der Waals surface area contributed by atoms with Crippen LogP contribution in [0.25, 0.3) is 116 Å². The highest BCUT2D eigenvalue weighted by molar-refractivity contribution is 7.21. The minimum Gasteiger partial charge on any atom is -0.455 e. The molecule has 6 nitrogen and oxygen atoms in total. The molecule has 0 aliphatic carbocycles. The maximum atomic E-state index is 6.43. The predicted molar refractivity (Wildman–Crippen MR) is 242 cm³/mol. The monoisotopic (exact) mass is 773 g/mol. The second kappa shape index (κ2) is 13.4. The van der Waals surface area contributed by atoms with Gasteiger partial charge in [0.1, 0.15) is 16.2 Å². The van der Waals surface area contributed by atoms with E-state index in [2.05, 4.69) is 120 Å². The minimum atomic E-state index is 0.614. The van der Waals surface area contributed by atoms with Crippen LogP contribution in [-0.4, -0.2) is 24.5 Å². The van der Waals surface area contributed by atoms with Crippen LogP contribution in [0.2, 0.25) is 0 Å². The van der Waals surface area contributed by atoms with Crippen LogP contribution in [0.4, 0.5) is 0 Å². The van der Waals surface area contributed by atoms with E-state index in [0.29, 0.717) is 17.5 Å². The fourth-order valence-electron chi connectivity index (χ4n) is 8.27. The van der Waals surface area contributed by atoms with Gasteiger partial charge in [0.25, 0.3) is 0 Å². The predicted octanol–water partition coefficient (Wildman–Crippen LogP) is 13.8. The zero-order valence-electron chi connectivity index (χ0n) is 31.5. The molecule has 4 heterocycles. The fraction of sp³-hybridized carbons (Fsp3) is 0. The normalized spacial score (nSPS) is 11.7. The number of thiazole rings is 1. The molecule has 0 saturated carbocycles. The largest absolute Gasteiger partial charge is 0.455 e. The second-order valence-electron chi connectivity index (χ2n) is 14.7. The first-order chi connectivity index (χ1) is 29.2. The molecule has 12 aromatic rings. The van der Waals surface area contributed by atoms with Gasteiger partial charge in [-0.15, -0.1) is 11.3 Å². The number of fused-ring (bicyclic) bond motifs is 7. The van der Waals surface area contributed by atoms with Gasteiger partial charge in [0.05, 0.1) is 21.3 Å². The number of para-hydroxylation sites is 3. The van der Waals surface area contributed by atoms with Crippen molar-refractivity contribution in [1.82, 2.24) is 24.5 Å². The number of furan rings is 1. The van der Waals surface area contributed by atoms with Crippen LogP contribution in [0.1, 0.15) is 0 Å². The molecule has 8 aromatic carbocycles.